The predicted octanol–water partition coefficient (Wildman–Crippen LogP) is 3.08. The SMILES string of the molecule is CNCCC1Cc2c(Br)cccc2S1. The number of benzene rings is 1. The molecule has 1 aromatic carbocycles. The van der Waals surface area contributed by atoms with E-state index in [9.17, 15) is 0 Å². The summed E-state index contributed by atoms with van der Waals surface area (Å²) in [5.41, 5.74) is 1.50. The zero-order valence-corrected chi connectivity index (χ0v) is 10.6. The van der Waals surface area contributed by atoms with E-state index in [2.05, 4.69) is 39.4 Å². The van der Waals surface area contributed by atoms with Crippen molar-refractivity contribution in [3.8, 4) is 0 Å². The molecule has 1 aliphatic heterocycles. The van der Waals surface area contributed by atoms with Crippen molar-refractivity contribution in [1.82, 2.24) is 5.32 Å². The first-order valence-electron chi connectivity index (χ1n) is 4.90. The van der Waals surface area contributed by atoms with E-state index in [1.165, 1.54) is 27.8 Å². The Morgan fingerprint density at radius 2 is 2.43 bits per heavy atom. The lowest BCUT2D eigenvalue weighted by Crippen LogP contribution is -2.14. The van der Waals surface area contributed by atoms with E-state index in [-0.39, 0.29) is 0 Å². The molecular weight excluding hydrogens is 258 g/mol. The van der Waals surface area contributed by atoms with Gasteiger partial charge in [-0.1, -0.05) is 22.0 Å². The molecule has 14 heavy (non-hydrogen) atoms. The molecular formula is C11H14BrNS. The number of fused-ring (bicyclic) bond motifs is 1. The Morgan fingerprint density at radius 1 is 1.57 bits per heavy atom. The van der Waals surface area contributed by atoms with E-state index >= 15 is 0 Å². The average molecular weight is 272 g/mol. The molecule has 1 heterocycles. The van der Waals surface area contributed by atoms with Gasteiger partial charge < -0.3 is 5.32 Å². The summed E-state index contributed by atoms with van der Waals surface area (Å²) < 4.78 is 1.27. The standard InChI is InChI=1S/C11H14BrNS/c1-13-6-5-8-7-9-10(12)3-2-4-11(9)14-8/h2-4,8,13H,5-7H2,1H3. The molecule has 3 heteroatoms. The van der Waals surface area contributed by atoms with Crippen molar-refractivity contribution in [2.75, 3.05) is 13.6 Å². The van der Waals surface area contributed by atoms with Crippen LogP contribution in [0.3, 0.4) is 0 Å². The molecule has 0 amide bonds. The zero-order valence-electron chi connectivity index (χ0n) is 8.22. The van der Waals surface area contributed by atoms with Gasteiger partial charge in [-0.3, -0.25) is 0 Å². The quantitative estimate of drug-likeness (QED) is 0.907. The first kappa shape index (κ1) is 10.5. The second kappa shape index (κ2) is 4.69. The highest BCUT2D eigenvalue weighted by molar-refractivity contribution is 9.10. The molecule has 0 radical (unpaired) electrons. The van der Waals surface area contributed by atoms with Crippen molar-refractivity contribution in [1.29, 1.82) is 0 Å². The van der Waals surface area contributed by atoms with E-state index in [0.29, 0.717) is 0 Å². The number of nitrogens with one attached hydrogen (secondary N) is 1. The van der Waals surface area contributed by atoms with Gasteiger partial charge in [0.2, 0.25) is 0 Å². The summed E-state index contributed by atoms with van der Waals surface area (Å²) in [5, 5.41) is 3.97. The molecule has 76 valence electrons. The zero-order chi connectivity index (χ0) is 9.97. The van der Waals surface area contributed by atoms with Crippen LogP contribution in [0.4, 0.5) is 0 Å². The molecule has 1 N–H and O–H groups in total. The van der Waals surface area contributed by atoms with Gasteiger partial charge >= 0.3 is 0 Å². The highest BCUT2D eigenvalue weighted by Gasteiger charge is 2.23. The van der Waals surface area contributed by atoms with Gasteiger partial charge in [-0.25, -0.2) is 0 Å². The van der Waals surface area contributed by atoms with Crippen molar-refractivity contribution < 1.29 is 0 Å². The van der Waals surface area contributed by atoms with Crippen LogP contribution in [0, 0.1) is 0 Å². The van der Waals surface area contributed by atoms with E-state index in [4.69, 9.17) is 0 Å². The summed E-state index contributed by atoms with van der Waals surface area (Å²) in [6, 6.07) is 6.49. The first-order valence-corrected chi connectivity index (χ1v) is 6.57. The fourth-order valence-electron chi connectivity index (χ4n) is 1.76. The lowest BCUT2D eigenvalue weighted by Gasteiger charge is -2.06. The van der Waals surface area contributed by atoms with Gasteiger partial charge in [0, 0.05) is 14.6 Å². The summed E-state index contributed by atoms with van der Waals surface area (Å²) in [5.74, 6) is 0. The first-order chi connectivity index (χ1) is 6.81. The minimum absolute atomic E-state index is 0.760. The Hall–Kier alpha value is 0.01000. The van der Waals surface area contributed by atoms with E-state index in [0.717, 1.165) is 11.8 Å². The predicted molar refractivity (Wildman–Crippen MR) is 66.0 cm³/mol. The van der Waals surface area contributed by atoms with Crippen LogP contribution in [0.2, 0.25) is 0 Å². The molecule has 0 aromatic heterocycles. The van der Waals surface area contributed by atoms with Crippen LogP contribution in [0.15, 0.2) is 27.6 Å². The molecule has 0 saturated carbocycles. The number of hydrogen-bond donors (Lipinski definition) is 1. The van der Waals surface area contributed by atoms with Crippen molar-refractivity contribution >= 4 is 27.7 Å². The third-order valence-electron chi connectivity index (χ3n) is 2.52. The smallest absolute Gasteiger partial charge is 0.0218 e. The molecule has 0 bridgehead atoms. The fraction of sp³-hybridized carbons (Fsp3) is 0.455. The van der Waals surface area contributed by atoms with Crippen molar-refractivity contribution in [2.45, 2.75) is 23.0 Å². The Kier molecular flexibility index (Phi) is 3.52. The maximum Gasteiger partial charge on any atom is 0.0218 e. The molecule has 1 unspecified atom stereocenters. The van der Waals surface area contributed by atoms with Gasteiger partial charge in [0.15, 0.2) is 0 Å². The molecule has 1 aromatic rings. The monoisotopic (exact) mass is 271 g/mol. The van der Waals surface area contributed by atoms with Crippen molar-refractivity contribution in [3.05, 3.63) is 28.2 Å². The van der Waals surface area contributed by atoms with E-state index < -0.39 is 0 Å². The Labute approximate surface area is 97.8 Å². The van der Waals surface area contributed by atoms with Gasteiger partial charge in [0.05, 0.1) is 0 Å². The van der Waals surface area contributed by atoms with Crippen LogP contribution in [0.5, 0.6) is 0 Å². The molecule has 0 aliphatic carbocycles. The second-order valence-electron chi connectivity index (χ2n) is 3.55. The van der Waals surface area contributed by atoms with Crippen LogP contribution in [-0.2, 0) is 6.42 Å². The third-order valence-corrected chi connectivity index (χ3v) is 4.63. The van der Waals surface area contributed by atoms with Crippen LogP contribution < -0.4 is 5.32 Å². The highest BCUT2D eigenvalue weighted by Crippen LogP contribution is 2.41. The van der Waals surface area contributed by atoms with Crippen molar-refractivity contribution in [3.63, 3.8) is 0 Å². The Morgan fingerprint density at radius 3 is 3.14 bits per heavy atom. The Balaban J connectivity index is 2.06. The summed E-state index contributed by atoms with van der Waals surface area (Å²) in [4.78, 5) is 1.46. The number of hydrogen-bond acceptors (Lipinski definition) is 2. The lowest BCUT2D eigenvalue weighted by atomic mass is 10.1. The summed E-state index contributed by atoms with van der Waals surface area (Å²) in [6.45, 7) is 1.11. The Bertz CT molecular complexity index is 327. The van der Waals surface area contributed by atoms with Crippen LogP contribution in [0.1, 0.15) is 12.0 Å². The minimum atomic E-state index is 0.760. The molecule has 0 saturated heterocycles. The number of thioether (sulfide) groups is 1. The summed E-state index contributed by atoms with van der Waals surface area (Å²) >= 11 is 5.63. The topological polar surface area (TPSA) is 12.0 Å². The molecule has 1 atom stereocenters. The van der Waals surface area contributed by atoms with Gasteiger partial charge in [0.25, 0.3) is 0 Å². The summed E-state index contributed by atoms with van der Waals surface area (Å²) in [6.07, 6.45) is 2.46. The lowest BCUT2D eigenvalue weighted by molar-refractivity contribution is 0.695. The molecule has 1 nitrogen and oxygen atoms in total. The van der Waals surface area contributed by atoms with Crippen LogP contribution >= 0.6 is 27.7 Å². The molecule has 0 spiro atoms. The molecule has 0 fully saturated rings. The van der Waals surface area contributed by atoms with Gasteiger partial charge in [-0.15, -0.1) is 11.8 Å². The molecule has 1 aliphatic rings. The molecule has 2 rings (SSSR count). The minimum Gasteiger partial charge on any atom is -0.320 e. The van der Waals surface area contributed by atoms with Crippen LogP contribution in [-0.4, -0.2) is 18.8 Å². The van der Waals surface area contributed by atoms with Crippen LogP contribution in [0.25, 0.3) is 0 Å². The highest BCUT2D eigenvalue weighted by atomic mass is 79.9. The third kappa shape index (κ3) is 2.15. The maximum atomic E-state index is 3.61. The van der Waals surface area contributed by atoms with Gasteiger partial charge in [-0.2, -0.15) is 0 Å². The van der Waals surface area contributed by atoms with Gasteiger partial charge in [0.1, 0.15) is 0 Å². The van der Waals surface area contributed by atoms with E-state index in [1.54, 1.807) is 0 Å². The second-order valence-corrected chi connectivity index (χ2v) is 5.75. The van der Waals surface area contributed by atoms with E-state index in [1.807, 2.05) is 18.8 Å². The van der Waals surface area contributed by atoms with Crippen molar-refractivity contribution in [2.24, 2.45) is 0 Å². The summed E-state index contributed by atoms with van der Waals surface area (Å²) in [7, 11) is 2.02. The average Bonchev–Trinajstić information content (AvgIpc) is 2.59. The number of halogens is 1. The fourth-order valence-corrected chi connectivity index (χ4v) is 3.76. The largest absolute Gasteiger partial charge is 0.320 e. The number of rotatable bonds is 3. The normalized spacial score (nSPS) is 19.7. The van der Waals surface area contributed by atoms with Gasteiger partial charge in [-0.05, 0) is 44.1 Å². The maximum absolute atomic E-state index is 3.61.